The molecule has 1 fully saturated rings. The Hall–Kier alpha value is -2.21. The molecule has 1 N–H and O–H groups in total. The molecule has 1 saturated heterocycles. The fourth-order valence-corrected chi connectivity index (χ4v) is 3.45. The van der Waals surface area contributed by atoms with Gasteiger partial charge in [0.05, 0.1) is 17.4 Å². The van der Waals surface area contributed by atoms with Gasteiger partial charge in [-0.3, -0.25) is 5.10 Å². The molecule has 23 heavy (non-hydrogen) atoms. The van der Waals surface area contributed by atoms with Crippen LogP contribution in [-0.4, -0.2) is 49.3 Å². The van der Waals surface area contributed by atoms with E-state index in [0.717, 1.165) is 43.3 Å². The molecule has 3 aromatic rings. The average molecular weight is 310 g/mol. The Labute approximate surface area is 135 Å². The summed E-state index contributed by atoms with van der Waals surface area (Å²) in [6.07, 6.45) is 4.34. The lowest BCUT2D eigenvalue weighted by Gasteiger charge is -2.31. The van der Waals surface area contributed by atoms with Gasteiger partial charge in [0.1, 0.15) is 5.82 Å². The number of piperidine rings is 1. The summed E-state index contributed by atoms with van der Waals surface area (Å²) in [5.74, 6) is 2.33. The maximum atomic E-state index is 4.51. The third kappa shape index (κ3) is 2.99. The Morgan fingerprint density at radius 2 is 2.17 bits per heavy atom. The summed E-state index contributed by atoms with van der Waals surface area (Å²) in [6, 6.07) is 8.31. The van der Waals surface area contributed by atoms with Crippen LogP contribution in [0.5, 0.6) is 0 Å². The summed E-state index contributed by atoms with van der Waals surface area (Å²) in [6.45, 7) is 6.18. The summed E-state index contributed by atoms with van der Waals surface area (Å²) < 4.78 is 2.25. The van der Waals surface area contributed by atoms with Crippen molar-refractivity contribution in [1.82, 2.24) is 29.6 Å². The number of fused-ring (bicyclic) bond motifs is 1. The number of para-hydroxylation sites is 2. The van der Waals surface area contributed by atoms with E-state index in [2.05, 4.69) is 47.8 Å². The molecule has 0 amide bonds. The molecule has 0 aliphatic carbocycles. The fraction of sp³-hybridized carbons (Fsp3) is 0.471. The van der Waals surface area contributed by atoms with Crippen LogP contribution in [0.1, 0.15) is 30.4 Å². The van der Waals surface area contributed by atoms with Gasteiger partial charge < -0.3 is 9.47 Å². The third-order valence-electron chi connectivity index (χ3n) is 4.67. The molecule has 0 bridgehead atoms. The molecule has 0 radical (unpaired) electrons. The highest BCUT2D eigenvalue weighted by Crippen LogP contribution is 2.24. The van der Waals surface area contributed by atoms with Crippen LogP contribution in [0.25, 0.3) is 11.0 Å². The quantitative estimate of drug-likeness (QED) is 0.803. The van der Waals surface area contributed by atoms with Crippen LogP contribution in [0.2, 0.25) is 0 Å². The van der Waals surface area contributed by atoms with Crippen LogP contribution < -0.4 is 0 Å². The molecular weight excluding hydrogens is 288 g/mol. The number of likely N-dealkylation sites (tertiary alicyclic amines) is 1. The number of aromatic nitrogens is 5. The molecule has 3 heterocycles. The standard InChI is InChI=1S/C17H22N6/c1-13-19-17(21-20-13)14-5-4-8-22(11-14)9-10-23-12-18-15-6-2-3-7-16(15)23/h2-3,6-7,12,14H,4-5,8-11H2,1H3,(H,19,20,21)/t14-/m0/s1. The van der Waals surface area contributed by atoms with Gasteiger partial charge in [-0.05, 0) is 38.4 Å². The van der Waals surface area contributed by atoms with E-state index in [0.29, 0.717) is 5.92 Å². The molecule has 4 rings (SSSR count). The highest BCUT2D eigenvalue weighted by atomic mass is 15.2. The molecule has 120 valence electrons. The lowest BCUT2D eigenvalue weighted by Crippen LogP contribution is -2.36. The van der Waals surface area contributed by atoms with Crippen molar-refractivity contribution in [3.63, 3.8) is 0 Å². The largest absolute Gasteiger partial charge is 0.329 e. The van der Waals surface area contributed by atoms with Crippen molar-refractivity contribution in [3.05, 3.63) is 42.2 Å². The zero-order valence-corrected chi connectivity index (χ0v) is 13.4. The van der Waals surface area contributed by atoms with Gasteiger partial charge in [-0.25, -0.2) is 9.97 Å². The van der Waals surface area contributed by atoms with Crippen LogP contribution in [0.4, 0.5) is 0 Å². The second-order valence-corrected chi connectivity index (χ2v) is 6.35. The molecule has 1 aliphatic rings. The number of benzene rings is 1. The minimum absolute atomic E-state index is 0.452. The first kappa shape index (κ1) is 14.4. The van der Waals surface area contributed by atoms with Crippen LogP contribution in [-0.2, 0) is 6.54 Å². The molecule has 6 nitrogen and oxygen atoms in total. The number of H-pyrrole nitrogens is 1. The highest BCUT2D eigenvalue weighted by molar-refractivity contribution is 5.74. The molecule has 1 atom stereocenters. The SMILES string of the molecule is Cc1nc([C@H]2CCCN(CCn3cnc4ccccc43)C2)n[nH]1. The minimum Gasteiger partial charge on any atom is -0.329 e. The van der Waals surface area contributed by atoms with Gasteiger partial charge in [0, 0.05) is 25.6 Å². The maximum absolute atomic E-state index is 4.51. The third-order valence-corrected chi connectivity index (χ3v) is 4.67. The Morgan fingerprint density at radius 1 is 1.26 bits per heavy atom. The Balaban J connectivity index is 1.41. The number of aromatic amines is 1. The number of imidazole rings is 1. The first-order valence-electron chi connectivity index (χ1n) is 8.31. The first-order chi connectivity index (χ1) is 11.3. The van der Waals surface area contributed by atoms with E-state index in [4.69, 9.17) is 0 Å². The zero-order valence-electron chi connectivity index (χ0n) is 13.4. The van der Waals surface area contributed by atoms with Crippen molar-refractivity contribution in [3.8, 4) is 0 Å². The fourth-order valence-electron chi connectivity index (χ4n) is 3.45. The number of rotatable bonds is 4. The van der Waals surface area contributed by atoms with Crippen LogP contribution >= 0.6 is 0 Å². The predicted molar refractivity (Wildman–Crippen MR) is 89.3 cm³/mol. The molecular formula is C17H22N6. The van der Waals surface area contributed by atoms with E-state index in [-0.39, 0.29) is 0 Å². The van der Waals surface area contributed by atoms with Crippen molar-refractivity contribution in [2.75, 3.05) is 19.6 Å². The van der Waals surface area contributed by atoms with Crippen molar-refractivity contribution < 1.29 is 0 Å². The second kappa shape index (κ2) is 6.12. The molecule has 0 unspecified atom stereocenters. The normalized spacial score (nSPS) is 19.4. The average Bonchev–Trinajstić information content (AvgIpc) is 3.20. The van der Waals surface area contributed by atoms with Gasteiger partial charge in [0.2, 0.25) is 0 Å². The second-order valence-electron chi connectivity index (χ2n) is 6.35. The Morgan fingerprint density at radius 3 is 3.04 bits per heavy atom. The predicted octanol–water partition coefficient (Wildman–Crippen LogP) is 2.34. The molecule has 2 aromatic heterocycles. The smallest absolute Gasteiger partial charge is 0.155 e. The van der Waals surface area contributed by atoms with Gasteiger partial charge in [-0.15, -0.1) is 0 Å². The minimum atomic E-state index is 0.452. The van der Waals surface area contributed by atoms with E-state index < -0.39 is 0 Å². The van der Waals surface area contributed by atoms with E-state index in [1.54, 1.807) is 0 Å². The van der Waals surface area contributed by atoms with Crippen molar-refractivity contribution in [1.29, 1.82) is 0 Å². The Kier molecular flexibility index (Phi) is 3.83. The van der Waals surface area contributed by atoms with Gasteiger partial charge in [-0.1, -0.05) is 12.1 Å². The van der Waals surface area contributed by atoms with E-state index >= 15 is 0 Å². The maximum Gasteiger partial charge on any atom is 0.155 e. The van der Waals surface area contributed by atoms with Gasteiger partial charge >= 0.3 is 0 Å². The summed E-state index contributed by atoms with van der Waals surface area (Å²) in [7, 11) is 0. The summed E-state index contributed by atoms with van der Waals surface area (Å²) in [5.41, 5.74) is 2.28. The number of hydrogen-bond donors (Lipinski definition) is 1. The lowest BCUT2D eigenvalue weighted by atomic mass is 9.97. The molecule has 0 saturated carbocycles. The van der Waals surface area contributed by atoms with E-state index in [1.807, 2.05) is 19.3 Å². The Bertz CT molecular complexity index is 789. The summed E-state index contributed by atoms with van der Waals surface area (Å²) >= 11 is 0. The topological polar surface area (TPSA) is 62.6 Å². The van der Waals surface area contributed by atoms with Crippen molar-refractivity contribution in [2.45, 2.75) is 32.2 Å². The van der Waals surface area contributed by atoms with Crippen molar-refractivity contribution >= 4 is 11.0 Å². The lowest BCUT2D eigenvalue weighted by molar-refractivity contribution is 0.198. The van der Waals surface area contributed by atoms with Crippen LogP contribution in [0, 0.1) is 6.92 Å². The molecule has 6 heteroatoms. The monoisotopic (exact) mass is 310 g/mol. The van der Waals surface area contributed by atoms with Gasteiger partial charge in [0.15, 0.2) is 5.82 Å². The van der Waals surface area contributed by atoms with Crippen LogP contribution in [0.15, 0.2) is 30.6 Å². The van der Waals surface area contributed by atoms with Crippen LogP contribution in [0.3, 0.4) is 0 Å². The van der Waals surface area contributed by atoms with E-state index in [9.17, 15) is 0 Å². The van der Waals surface area contributed by atoms with Gasteiger partial charge in [0.25, 0.3) is 0 Å². The highest BCUT2D eigenvalue weighted by Gasteiger charge is 2.24. The number of aryl methyl sites for hydroxylation is 1. The zero-order chi connectivity index (χ0) is 15.6. The van der Waals surface area contributed by atoms with Crippen molar-refractivity contribution in [2.24, 2.45) is 0 Å². The summed E-state index contributed by atoms with van der Waals surface area (Å²) in [4.78, 5) is 11.5. The van der Waals surface area contributed by atoms with E-state index in [1.165, 1.54) is 18.4 Å². The molecule has 0 spiro atoms. The number of nitrogens with one attached hydrogen (secondary N) is 1. The number of hydrogen-bond acceptors (Lipinski definition) is 4. The molecule has 1 aromatic carbocycles. The van der Waals surface area contributed by atoms with Gasteiger partial charge in [-0.2, -0.15) is 5.10 Å². The summed E-state index contributed by atoms with van der Waals surface area (Å²) in [5, 5.41) is 7.31. The first-order valence-corrected chi connectivity index (χ1v) is 8.31. The number of nitrogens with zero attached hydrogens (tertiary/aromatic N) is 5. The molecule has 1 aliphatic heterocycles.